The average Bonchev–Trinajstić information content (AvgIpc) is 1.88. The number of aliphatic hydroxyl groups excluding tert-OH is 1. The van der Waals surface area contributed by atoms with Crippen molar-refractivity contribution in [3.05, 3.63) is 0 Å². The molecule has 0 aromatic rings. The van der Waals surface area contributed by atoms with Crippen LogP contribution in [-0.4, -0.2) is 11.2 Å². The molecule has 1 nitrogen and oxygen atoms in total. The molecule has 1 fully saturated rings. The molecule has 3 atom stereocenters. The van der Waals surface area contributed by atoms with Gasteiger partial charge in [-0.05, 0) is 24.7 Å². The largest absolute Gasteiger partial charge is 0.393 e. The highest BCUT2D eigenvalue weighted by Gasteiger charge is 2.24. The SMILES string of the molecule is CC[C@H]1CC[C@@H](C)C[C@H]1O. The van der Waals surface area contributed by atoms with E-state index in [1.165, 1.54) is 12.8 Å². The third-order valence-electron chi connectivity index (χ3n) is 2.74. The van der Waals surface area contributed by atoms with E-state index in [2.05, 4.69) is 13.8 Å². The van der Waals surface area contributed by atoms with Crippen LogP contribution in [0.25, 0.3) is 0 Å². The highest BCUT2D eigenvalue weighted by Crippen LogP contribution is 2.30. The van der Waals surface area contributed by atoms with Gasteiger partial charge in [0.1, 0.15) is 0 Å². The molecule has 1 aliphatic carbocycles. The van der Waals surface area contributed by atoms with E-state index in [0.29, 0.717) is 5.92 Å². The molecule has 1 N–H and O–H groups in total. The lowest BCUT2D eigenvalue weighted by atomic mass is 9.79. The van der Waals surface area contributed by atoms with E-state index in [0.717, 1.165) is 18.8 Å². The Bertz CT molecular complexity index is 101. The van der Waals surface area contributed by atoms with Gasteiger partial charge in [-0.15, -0.1) is 0 Å². The second-order valence-corrected chi connectivity index (χ2v) is 3.65. The van der Waals surface area contributed by atoms with Crippen LogP contribution in [-0.2, 0) is 0 Å². The Hall–Kier alpha value is -0.0400. The van der Waals surface area contributed by atoms with Gasteiger partial charge in [0.05, 0.1) is 6.10 Å². The fraction of sp³-hybridized carbons (Fsp3) is 1.00. The zero-order valence-corrected chi connectivity index (χ0v) is 7.01. The minimum absolute atomic E-state index is 0.00579. The maximum atomic E-state index is 9.54. The zero-order valence-electron chi connectivity index (χ0n) is 7.01. The van der Waals surface area contributed by atoms with Crippen LogP contribution in [0.2, 0.25) is 0 Å². The molecule has 1 aliphatic rings. The summed E-state index contributed by atoms with van der Waals surface area (Å²) in [5, 5.41) is 9.54. The number of hydrogen-bond donors (Lipinski definition) is 1. The molecular formula is C9H18O. The fourth-order valence-electron chi connectivity index (χ4n) is 1.89. The molecule has 60 valence electrons. The Balaban J connectivity index is 2.36. The van der Waals surface area contributed by atoms with Gasteiger partial charge in [-0.25, -0.2) is 0 Å². The summed E-state index contributed by atoms with van der Waals surface area (Å²) < 4.78 is 0. The van der Waals surface area contributed by atoms with Gasteiger partial charge < -0.3 is 5.11 Å². The van der Waals surface area contributed by atoms with Gasteiger partial charge in [-0.3, -0.25) is 0 Å². The molecule has 1 heteroatoms. The molecule has 0 aromatic heterocycles. The van der Waals surface area contributed by atoms with Crippen molar-refractivity contribution in [1.82, 2.24) is 0 Å². The monoisotopic (exact) mass is 142 g/mol. The van der Waals surface area contributed by atoms with E-state index in [1.54, 1.807) is 0 Å². The third kappa shape index (κ3) is 1.72. The molecule has 0 aliphatic heterocycles. The summed E-state index contributed by atoms with van der Waals surface area (Å²) in [6.45, 7) is 4.40. The van der Waals surface area contributed by atoms with E-state index in [-0.39, 0.29) is 6.10 Å². The quantitative estimate of drug-likeness (QED) is 0.595. The second kappa shape index (κ2) is 3.38. The minimum atomic E-state index is -0.00579. The van der Waals surface area contributed by atoms with E-state index in [4.69, 9.17) is 0 Å². The van der Waals surface area contributed by atoms with Crippen LogP contribution in [0, 0.1) is 11.8 Å². The Morgan fingerprint density at radius 2 is 2.10 bits per heavy atom. The first-order valence-electron chi connectivity index (χ1n) is 4.42. The molecule has 0 unspecified atom stereocenters. The highest BCUT2D eigenvalue weighted by atomic mass is 16.3. The average molecular weight is 142 g/mol. The highest BCUT2D eigenvalue weighted by molar-refractivity contribution is 4.76. The van der Waals surface area contributed by atoms with E-state index in [1.807, 2.05) is 0 Å². The van der Waals surface area contributed by atoms with Crippen molar-refractivity contribution in [2.24, 2.45) is 11.8 Å². The smallest absolute Gasteiger partial charge is 0.0570 e. The number of aliphatic hydroxyl groups is 1. The van der Waals surface area contributed by atoms with Crippen molar-refractivity contribution in [1.29, 1.82) is 0 Å². The standard InChI is InChI=1S/C9H18O/c1-3-8-5-4-7(2)6-9(8)10/h7-10H,3-6H2,1-2H3/t7-,8+,9-/m1/s1. The Kier molecular flexibility index (Phi) is 2.72. The van der Waals surface area contributed by atoms with Crippen LogP contribution in [0.3, 0.4) is 0 Å². The van der Waals surface area contributed by atoms with Crippen molar-refractivity contribution < 1.29 is 5.11 Å². The van der Waals surface area contributed by atoms with Crippen LogP contribution in [0.1, 0.15) is 39.5 Å². The fourth-order valence-corrected chi connectivity index (χ4v) is 1.89. The summed E-state index contributed by atoms with van der Waals surface area (Å²) in [5.74, 6) is 1.34. The van der Waals surface area contributed by atoms with Crippen LogP contribution in [0.5, 0.6) is 0 Å². The van der Waals surface area contributed by atoms with Crippen molar-refractivity contribution in [3.63, 3.8) is 0 Å². The maximum absolute atomic E-state index is 9.54. The molecule has 0 spiro atoms. The molecule has 1 saturated carbocycles. The molecule has 0 amide bonds. The molecule has 0 saturated heterocycles. The summed E-state index contributed by atoms with van der Waals surface area (Å²) in [7, 11) is 0. The zero-order chi connectivity index (χ0) is 7.56. The molecule has 0 bridgehead atoms. The number of rotatable bonds is 1. The van der Waals surface area contributed by atoms with Crippen molar-refractivity contribution in [2.75, 3.05) is 0 Å². The maximum Gasteiger partial charge on any atom is 0.0570 e. The third-order valence-corrected chi connectivity index (χ3v) is 2.74. The van der Waals surface area contributed by atoms with E-state index >= 15 is 0 Å². The lowest BCUT2D eigenvalue weighted by Crippen LogP contribution is -2.27. The topological polar surface area (TPSA) is 20.2 Å². The van der Waals surface area contributed by atoms with Gasteiger partial charge in [-0.1, -0.05) is 26.7 Å². The second-order valence-electron chi connectivity index (χ2n) is 3.65. The van der Waals surface area contributed by atoms with Crippen molar-refractivity contribution in [3.8, 4) is 0 Å². The molecule has 1 rings (SSSR count). The molecule has 0 heterocycles. The van der Waals surface area contributed by atoms with Crippen LogP contribution < -0.4 is 0 Å². The Morgan fingerprint density at radius 1 is 1.40 bits per heavy atom. The molecule has 0 radical (unpaired) electrons. The predicted molar refractivity (Wildman–Crippen MR) is 42.8 cm³/mol. The summed E-state index contributed by atoms with van der Waals surface area (Å²) in [6, 6.07) is 0. The van der Waals surface area contributed by atoms with Crippen LogP contribution in [0.15, 0.2) is 0 Å². The van der Waals surface area contributed by atoms with Crippen molar-refractivity contribution in [2.45, 2.75) is 45.6 Å². The first-order chi connectivity index (χ1) is 4.74. The lowest BCUT2D eigenvalue weighted by molar-refractivity contribution is 0.0472. The summed E-state index contributed by atoms with van der Waals surface area (Å²) in [4.78, 5) is 0. The first kappa shape index (κ1) is 8.06. The first-order valence-corrected chi connectivity index (χ1v) is 4.42. The summed E-state index contributed by atoms with van der Waals surface area (Å²) in [6.07, 6.45) is 4.72. The molecular weight excluding hydrogens is 124 g/mol. The van der Waals surface area contributed by atoms with E-state index < -0.39 is 0 Å². The van der Waals surface area contributed by atoms with Gasteiger partial charge in [0.25, 0.3) is 0 Å². The van der Waals surface area contributed by atoms with Crippen LogP contribution >= 0.6 is 0 Å². The van der Waals surface area contributed by atoms with Crippen molar-refractivity contribution >= 4 is 0 Å². The summed E-state index contributed by atoms with van der Waals surface area (Å²) >= 11 is 0. The van der Waals surface area contributed by atoms with Crippen LogP contribution in [0.4, 0.5) is 0 Å². The predicted octanol–water partition coefficient (Wildman–Crippen LogP) is 2.19. The Morgan fingerprint density at radius 3 is 2.60 bits per heavy atom. The van der Waals surface area contributed by atoms with Gasteiger partial charge in [0, 0.05) is 0 Å². The van der Waals surface area contributed by atoms with Gasteiger partial charge in [-0.2, -0.15) is 0 Å². The molecule has 0 aromatic carbocycles. The molecule has 10 heavy (non-hydrogen) atoms. The van der Waals surface area contributed by atoms with Gasteiger partial charge >= 0.3 is 0 Å². The Labute approximate surface area is 63.4 Å². The normalized spacial score (nSPS) is 41.7. The lowest BCUT2D eigenvalue weighted by Gasteiger charge is -2.30. The van der Waals surface area contributed by atoms with Gasteiger partial charge in [0.15, 0.2) is 0 Å². The van der Waals surface area contributed by atoms with E-state index in [9.17, 15) is 5.11 Å². The summed E-state index contributed by atoms with van der Waals surface area (Å²) in [5.41, 5.74) is 0. The number of hydrogen-bond acceptors (Lipinski definition) is 1. The minimum Gasteiger partial charge on any atom is -0.393 e. The van der Waals surface area contributed by atoms with Gasteiger partial charge in [0.2, 0.25) is 0 Å².